The summed E-state index contributed by atoms with van der Waals surface area (Å²) in [5, 5.41) is 3.96. The van der Waals surface area contributed by atoms with Crippen LogP contribution in [-0.4, -0.2) is 0 Å². The summed E-state index contributed by atoms with van der Waals surface area (Å²) in [6.07, 6.45) is 0. The smallest absolute Gasteiger partial charge is 0.0893 e. The highest BCUT2D eigenvalue weighted by atomic mass is 35.5. The van der Waals surface area contributed by atoms with Crippen LogP contribution in [0.3, 0.4) is 0 Å². The van der Waals surface area contributed by atoms with Crippen molar-refractivity contribution in [2.45, 2.75) is 6.92 Å². The molecule has 0 atom stereocenters. The van der Waals surface area contributed by atoms with Crippen LogP contribution in [0, 0.1) is 12.5 Å². The highest BCUT2D eigenvalue weighted by Crippen LogP contribution is 2.24. The molecular formula is C7H7ClN2. The first-order valence-corrected chi connectivity index (χ1v) is 3.26. The van der Waals surface area contributed by atoms with Gasteiger partial charge in [-0.1, -0.05) is 17.7 Å². The summed E-state index contributed by atoms with van der Waals surface area (Å²) < 4.78 is 0. The Balaban J connectivity index is 3.27. The molecule has 1 aromatic carbocycles. The monoisotopic (exact) mass is 154 g/mol. The Morgan fingerprint density at radius 1 is 1.50 bits per heavy atom. The van der Waals surface area contributed by atoms with Gasteiger partial charge in [-0.25, -0.2) is 5.53 Å². The third-order valence-corrected chi connectivity index (χ3v) is 1.77. The minimum absolute atomic E-state index is 0.632. The molecule has 0 spiro atoms. The van der Waals surface area contributed by atoms with Gasteiger partial charge in [0.1, 0.15) is 0 Å². The van der Waals surface area contributed by atoms with E-state index in [-0.39, 0.29) is 0 Å². The van der Waals surface area contributed by atoms with Crippen molar-refractivity contribution >= 4 is 17.3 Å². The molecule has 1 N–H and O–H groups in total. The third-order valence-electron chi connectivity index (χ3n) is 1.36. The van der Waals surface area contributed by atoms with E-state index in [9.17, 15) is 0 Å². The predicted molar refractivity (Wildman–Crippen MR) is 41.0 cm³/mol. The van der Waals surface area contributed by atoms with Crippen LogP contribution in [0.5, 0.6) is 0 Å². The van der Waals surface area contributed by atoms with Gasteiger partial charge in [0.25, 0.3) is 0 Å². The zero-order chi connectivity index (χ0) is 7.56. The molecule has 0 amide bonds. The minimum atomic E-state index is 0.632. The van der Waals surface area contributed by atoms with Crippen molar-refractivity contribution in [1.82, 2.24) is 0 Å². The lowest BCUT2D eigenvalue weighted by atomic mass is 10.2. The molecule has 3 heteroatoms. The molecule has 1 rings (SSSR count). The molecule has 0 heterocycles. The zero-order valence-corrected chi connectivity index (χ0v) is 6.31. The molecule has 0 aromatic heterocycles. The number of benzene rings is 1. The number of rotatable bonds is 1. The Labute approximate surface area is 64.3 Å². The van der Waals surface area contributed by atoms with Gasteiger partial charge in [-0.2, -0.15) is 5.11 Å². The molecule has 1 aromatic rings. The predicted octanol–water partition coefficient (Wildman–Crippen LogP) is 3.31. The van der Waals surface area contributed by atoms with Crippen LogP contribution >= 0.6 is 11.6 Å². The number of nitrogens with one attached hydrogen (secondary N) is 1. The maximum absolute atomic E-state index is 6.75. The maximum Gasteiger partial charge on any atom is 0.0893 e. The van der Waals surface area contributed by atoms with Gasteiger partial charge in [0.2, 0.25) is 0 Å². The number of nitrogens with zero attached hydrogens (tertiary/aromatic N) is 1. The van der Waals surface area contributed by atoms with Crippen LogP contribution < -0.4 is 0 Å². The highest BCUT2D eigenvalue weighted by molar-refractivity contribution is 6.31. The van der Waals surface area contributed by atoms with E-state index in [2.05, 4.69) is 5.11 Å². The van der Waals surface area contributed by atoms with E-state index in [1.807, 2.05) is 6.92 Å². The van der Waals surface area contributed by atoms with E-state index in [0.29, 0.717) is 10.7 Å². The van der Waals surface area contributed by atoms with Gasteiger partial charge < -0.3 is 0 Å². The standard InChI is InChI=1S/C7H7ClN2/c1-5-6(8)3-2-4-7(5)10-9/h2-4,9H,1H3. The van der Waals surface area contributed by atoms with Gasteiger partial charge in [0.15, 0.2) is 0 Å². The minimum Gasteiger partial charge on any atom is -0.204 e. The first kappa shape index (κ1) is 7.22. The SMILES string of the molecule is Cc1c(Cl)cccc1N=N. The Kier molecular flexibility index (Phi) is 2.02. The van der Waals surface area contributed by atoms with E-state index < -0.39 is 0 Å². The average Bonchev–Trinajstić information content (AvgIpc) is 1.95. The summed E-state index contributed by atoms with van der Waals surface area (Å²) in [6, 6.07) is 5.32. The average molecular weight is 155 g/mol. The van der Waals surface area contributed by atoms with Crippen LogP contribution in [0.25, 0.3) is 0 Å². The van der Waals surface area contributed by atoms with E-state index in [4.69, 9.17) is 17.1 Å². The lowest BCUT2D eigenvalue weighted by molar-refractivity contribution is 1.13. The van der Waals surface area contributed by atoms with Crippen LogP contribution in [0.15, 0.2) is 23.3 Å². The van der Waals surface area contributed by atoms with E-state index >= 15 is 0 Å². The van der Waals surface area contributed by atoms with E-state index in [1.165, 1.54) is 0 Å². The Morgan fingerprint density at radius 2 is 2.20 bits per heavy atom. The van der Waals surface area contributed by atoms with Crippen molar-refractivity contribution < 1.29 is 0 Å². The zero-order valence-electron chi connectivity index (χ0n) is 5.56. The maximum atomic E-state index is 6.75. The summed E-state index contributed by atoms with van der Waals surface area (Å²) >= 11 is 5.75. The summed E-state index contributed by atoms with van der Waals surface area (Å²) in [7, 11) is 0. The second kappa shape index (κ2) is 2.80. The van der Waals surface area contributed by atoms with Crippen molar-refractivity contribution in [1.29, 1.82) is 5.53 Å². The normalized spacial score (nSPS) is 9.40. The van der Waals surface area contributed by atoms with Crippen molar-refractivity contribution in [3.8, 4) is 0 Å². The fourth-order valence-corrected chi connectivity index (χ4v) is 0.887. The van der Waals surface area contributed by atoms with Crippen LogP contribution in [0.1, 0.15) is 5.56 Å². The molecule has 2 nitrogen and oxygen atoms in total. The third kappa shape index (κ3) is 1.16. The Morgan fingerprint density at radius 3 is 2.70 bits per heavy atom. The Hall–Kier alpha value is -0.890. The molecule has 0 aliphatic carbocycles. The molecule has 0 saturated heterocycles. The highest BCUT2D eigenvalue weighted by Gasteiger charge is 1.98. The van der Waals surface area contributed by atoms with Crippen molar-refractivity contribution in [2.24, 2.45) is 5.11 Å². The molecule has 0 aliphatic rings. The molecule has 10 heavy (non-hydrogen) atoms. The van der Waals surface area contributed by atoms with Crippen molar-refractivity contribution in [3.63, 3.8) is 0 Å². The molecule has 0 fully saturated rings. The first-order valence-electron chi connectivity index (χ1n) is 2.88. The van der Waals surface area contributed by atoms with Gasteiger partial charge in [-0.05, 0) is 24.6 Å². The van der Waals surface area contributed by atoms with Crippen molar-refractivity contribution in [2.75, 3.05) is 0 Å². The summed E-state index contributed by atoms with van der Waals surface area (Å²) in [6.45, 7) is 1.84. The molecule has 0 unspecified atom stereocenters. The van der Waals surface area contributed by atoms with E-state index in [0.717, 1.165) is 5.56 Å². The van der Waals surface area contributed by atoms with Crippen LogP contribution in [0.4, 0.5) is 5.69 Å². The molecular weight excluding hydrogens is 148 g/mol. The number of halogens is 1. The molecule has 0 radical (unpaired) electrons. The van der Waals surface area contributed by atoms with Crippen LogP contribution in [-0.2, 0) is 0 Å². The fraction of sp³-hybridized carbons (Fsp3) is 0.143. The molecule has 52 valence electrons. The van der Waals surface area contributed by atoms with Gasteiger partial charge in [-0.3, -0.25) is 0 Å². The quantitative estimate of drug-likeness (QED) is 0.603. The lowest BCUT2D eigenvalue weighted by Crippen LogP contribution is -1.73. The molecule has 0 saturated carbocycles. The summed E-state index contributed by atoms with van der Waals surface area (Å²) in [4.78, 5) is 0. The van der Waals surface area contributed by atoms with E-state index in [1.54, 1.807) is 18.2 Å². The van der Waals surface area contributed by atoms with Crippen LogP contribution in [0.2, 0.25) is 5.02 Å². The molecule has 0 bridgehead atoms. The molecule has 0 aliphatic heterocycles. The summed E-state index contributed by atoms with van der Waals surface area (Å²) in [5.74, 6) is 0. The van der Waals surface area contributed by atoms with Gasteiger partial charge in [0, 0.05) is 5.02 Å². The number of hydrogen-bond acceptors (Lipinski definition) is 2. The largest absolute Gasteiger partial charge is 0.204 e. The first-order chi connectivity index (χ1) is 4.75. The second-order valence-electron chi connectivity index (χ2n) is 2.00. The number of hydrogen-bond donors (Lipinski definition) is 1. The fourth-order valence-electron chi connectivity index (χ4n) is 0.717. The summed E-state index contributed by atoms with van der Waals surface area (Å²) in [5.41, 5.74) is 8.24. The van der Waals surface area contributed by atoms with Gasteiger partial charge in [-0.15, -0.1) is 0 Å². The van der Waals surface area contributed by atoms with Gasteiger partial charge in [0.05, 0.1) is 5.69 Å². The second-order valence-corrected chi connectivity index (χ2v) is 2.40. The van der Waals surface area contributed by atoms with Crippen molar-refractivity contribution in [3.05, 3.63) is 28.8 Å². The Bertz CT molecular complexity index is 258. The topological polar surface area (TPSA) is 36.2 Å². The van der Waals surface area contributed by atoms with Gasteiger partial charge >= 0.3 is 0 Å². The lowest BCUT2D eigenvalue weighted by Gasteiger charge is -1.97.